The molecule has 0 aliphatic rings. The topological polar surface area (TPSA) is 39.2 Å². The van der Waals surface area contributed by atoms with Crippen LogP contribution in [0.25, 0.3) is 0 Å². The highest BCUT2D eigenvalue weighted by Crippen LogP contribution is 2.28. The average Bonchev–Trinajstić information content (AvgIpc) is 2.17. The van der Waals surface area contributed by atoms with E-state index in [2.05, 4.69) is 9.72 Å². The lowest BCUT2D eigenvalue weighted by molar-refractivity contribution is -0.141. The van der Waals surface area contributed by atoms with E-state index < -0.39 is 17.8 Å². The fourth-order valence-electron chi connectivity index (χ4n) is 0.812. The molecule has 0 atom stereocenters. The summed E-state index contributed by atoms with van der Waals surface area (Å²) in [5.41, 5.74) is -1.02. The van der Waals surface area contributed by atoms with Crippen LogP contribution in [0.15, 0.2) is 18.3 Å². The molecular weight excluding hydrogens is 211 g/mol. The first-order valence-electron chi connectivity index (χ1n) is 4.17. The molecule has 82 valence electrons. The van der Waals surface area contributed by atoms with Gasteiger partial charge in [0.15, 0.2) is 0 Å². The van der Waals surface area contributed by atoms with E-state index in [1.54, 1.807) is 6.92 Å². The third-order valence-electron chi connectivity index (χ3n) is 1.55. The van der Waals surface area contributed by atoms with E-state index >= 15 is 0 Å². The lowest BCUT2D eigenvalue weighted by atomic mass is 10.3. The lowest BCUT2D eigenvalue weighted by Gasteiger charge is -2.06. The SMILES string of the molecule is CCC(=O)Oc1ccc(C(F)(F)F)nc1. The van der Waals surface area contributed by atoms with Crippen molar-refractivity contribution in [1.29, 1.82) is 0 Å². The molecular formula is C9H8F3NO2. The van der Waals surface area contributed by atoms with E-state index in [9.17, 15) is 18.0 Å². The van der Waals surface area contributed by atoms with Crippen molar-refractivity contribution in [1.82, 2.24) is 4.98 Å². The first-order chi connectivity index (χ1) is 6.93. The number of aromatic nitrogens is 1. The molecule has 0 spiro atoms. The maximum atomic E-state index is 12.1. The fourth-order valence-corrected chi connectivity index (χ4v) is 0.812. The largest absolute Gasteiger partial charge is 0.433 e. The van der Waals surface area contributed by atoms with Gasteiger partial charge in [0.05, 0.1) is 6.20 Å². The lowest BCUT2D eigenvalue weighted by Crippen LogP contribution is -2.09. The second kappa shape index (κ2) is 4.29. The van der Waals surface area contributed by atoms with Gasteiger partial charge in [-0.1, -0.05) is 6.92 Å². The van der Waals surface area contributed by atoms with Crippen LogP contribution in [-0.2, 0) is 11.0 Å². The third-order valence-corrected chi connectivity index (χ3v) is 1.55. The molecule has 0 fully saturated rings. The Bertz CT molecular complexity index is 345. The summed E-state index contributed by atoms with van der Waals surface area (Å²) in [6.45, 7) is 1.58. The number of carbonyl (C=O) groups is 1. The summed E-state index contributed by atoms with van der Waals surface area (Å²) < 4.78 is 40.9. The number of esters is 1. The standard InChI is InChI=1S/C9H8F3NO2/c1-2-8(14)15-6-3-4-7(13-5-6)9(10,11)12/h3-5H,2H2,1H3. The molecule has 15 heavy (non-hydrogen) atoms. The Balaban J connectivity index is 2.77. The van der Waals surface area contributed by atoms with Gasteiger partial charge in [0.1, 0.15) is 11.4 Å². The van der Waals surface area contributed by atoms with Crippen molar-refractivity contribution in [3.63, 3.8) is 0 Å². The molecule has 0 aliphatic carbocycles. The second-order valence-corrected chi connectivity index (χ2v) is 2.70. The van der Waals surface area contributed by atoms with Gasteiger partial charge in [-0.15, -0.1) is 0 Å². The first-order valence-corrected chi connectivity index (χ1v) is 4.17. The normalized spacial score (nSPS) is 11.2. The molecule has 1 rings (SSSR count). The highest BCUT2D eigenvalue weighted by atomic mass is 19.4. The van der Waals surface area contributed by atoms with Crippen molar-refractivity contribution in [3.05, 3.63) is 24.0 Å². The monoisotopic (exact) mass is 219 g/mol. The molecule has 0 saturated carbocycles. The highest BCUT2D eigenvalue weighted by molar-refractivity contribution is 5.71. The van der Waals surface area contributed by atoms with Gasteiger partial charge in [0.25, 0.3) is 0 Å². The number of hydrogen-bond donors (Lipinski definition) is 0. The minimum absolute atomic E-state index is 0.00912. The molecule has 0 unspecified atom stereocenters. The van der Waals surface area contributed by atoms with E-state index in [-0.39, 0.29) is 12.2 Å². The predicted octanol–water partition coefficient (Wildman–Crippen LogP) is 2.42. The van der Waals surface area contributed by atoms with Crippen LogP contribution in [-0.4, -0.2) is 11.0 Å². The highest BCUT2D eigenvalue weighted by Gasteiger charge is 2.32. The van der Waals surface area contributed by atoms with Crippen molar-refractivity contribution in [2.45, 2.75) is 19.5 Å². The van der Waals surface area contributed by atoms with Gasteiger partial charge >= 0.3 is 12.1 Å². The summed E-state index contributed by atoms with van der Waals surface area (Å²) >= 11 is 0. The Labute approximate surface area is 83.9 Å². The smallest absolute Gasteiger partial charge is 0.425 e. The van der Waals surface area contributed by atoms with E-state index in [4.69, 9.17) is 0 Å². The van der Waals surface area contributed by atoms with Crippen LogP contribution in [0.5, 0.6) is 5.75 Å². The van der Waals surface area contributed by atoms with Crippen molar-refractivity contribution >= 4 is 5.97 Å². The Morgan fingerprint density at radius 3 is 2.53 bits per heavy atom. The number of halogens is 3. The predicted molar refractivity (Wildman–Crippen MR) is 45.2 cm³/mol. The van der Waals surface area contributed by atoms with E-state index in [1.165, 1.54) is 0 Å². The van der Waals surface area contributed by atoms with E-state index in [0.717, 1.165) is 18.3 Å². The number of hydrogen-bond acceptors (Lipinski definition) is 3. The summed E-state index contributed by atoms with van der Waals surface area (Å²) in [5, 5.41) is 0. The van der Waals surface area contributed by atoms with Crippen LogP contribution in [0.2, 0.25) is 0 Å². The minimum Gasteiger partial charge on any atom is -0.425 e. The number of pyridine rings is 1. The Morgan fingerprint density at radius 2 is 2.13 bits per heavy atom. The Morgan fingerprint density at radius 1 is 1.47 bits per heavy atom. The van der Waals surface area contributed by atoms with Gasteiger partial charge in [-0.2, -0.15) is 13.2 Å². The average molecular weight is 219 g/mol. The summed E-state index contributed by atoms with van der Waals surface area (Å²) in [4.78, 5) is 13.9. The maximum Gasteiger partial charge on any atom is 0.433 e. The molecule has 0 aromatic carbocycles. The molecule has 1 aromatic heterocycles. The van der Waals surface area contributed by atoms with Gasteiger partial charge < -0.3 is 4.74 Å². The Hall–Kier alpha value is -1.59. The number of ether oxygens (including phenoxy) is 1. The fraction of sp³-hybridized carbons (Fsp3) is 0.333. The van der Waals surface area contributed by atoms with Crippen LogP contribution in [0, 0.1) is 0 Å². The van der Waals surface area contributed by atoms with Gasteiger partial charge in [-0.05, 0) is 12.1 Å². The molecule has 0 bridgehead atoms. The van der Waals surface area contributed by atoms with Crippen LogP contribution in [0.3, 0.4) is 0 Å². The number of rotatable bonds is 2. The third kappa shape index (κ3) is 3.23. The van der Waals surface area contributed by atoms with Crippen molar-refractivity contribution < 1.29 is 22.7 Å². The van der Waals surface area contributed by atoms with E-state index in [0.29, 0.717) is 0 Å². The summed E-state index contributed by atoms with van der Waals surface area (Å²) in [7, 11) is 0. The van der Waals surface area contributed by atoms with Crippen LogP contribution >= 0.6 is 0 Å². The first kappa shape index (κ1) is 11.5. The number of alkyl halides is 3. The zero-order valence-electron chi connectivity index (χ0n) is 7.84. The van der Waals surface area contributed by atoms with Gasteiger partial charge in [0.2, 0.25) is 0 Å². The zero-order valence-corrected chi connectivity index (χ0v) is 7.84. The Kier molecular flexibility index (Phi) is 3.28. The van der Waals surface area contributed by atoms with Crippen LogP contribution in [0.4, 0.5) is 13.2 Å². The molecule has 0 amide bonds. The second-order valence-electron chi connectivity index (χ2n) is 2.70. The number of carbonyl (C=O) groups excluding carboxylic acids is 1. The molecule has 6 heteroatoms. The number of nitrogens with zero attached hydrogens (tertiary/aromatic N) is 1. The van der Waals surface area contributed by atoms with Crippen LogP contribution < -0.4 is 4.74 Å². The van der Waals surface area contributed by atoms with Crippen molar-refractivity contribution in [3.8, 4) is 5.75 Å². The quantitative estimate of drug-likeness (QED) is 0.717. The van der Waals surface area contributed by atoms with E-state index in [1.807, 2.05) is 0 Å². The molecule has 1 aromatic rings. The molecule has 0 aliphatic heterocycles. The molecule has 0 N–H and O–H groups in total. The summed E-state index contributed by atoms with van der Waals surface area (Å²) in [6, 6.07) is 1.82. The van der Waals surface area contributed by atoms with Crippen molar-refractivity contribution in [2.75, 3.05) is 0 Å². The molecule has 1 heterocycles. The maximum absolute atomic E-state index is 12.1. The minimum atomic E-state index is -4.48. The van der Waals surface area contributed by atoms with Crippen LogP contribution in [0.1, 0.15) is 19.0 Å². The van der Waals surface area contributed by atoms with Gasteiger partial charge in [0, 0.05) is 6.42 Å². The summed E-state index contributed by atoms with van der Waals surface area (Å²) in [6.07, 6.45) is -3.45. The van der Waals surface area contributed by atoms with Crippen molar-refractivity contribution in [2.24, 2.45) is 0 Å². The van der Waals surface area contributed by atoms with Gasteiger partial charge in [-0.25, -0.2) is 4.98 Å². The molecule has 3 nitrogen and oxygen atoms in total. The van der Waals surface area contributed by atoms with Gasteiger partial charge in [-0.3, -0.25) is 4.79 Å². The summed E-state index contributed by atoms with van der Waals surface area (Å²) in [5.74, 6) is -0.508. The zero-order chi connectivity index (χ0) is 11.5. The molecule has 0 saturated heterocycles. The molecule has 0 radical (unpaired) electrons.